The summed E-state index contributed by atoms with van der Waals surface area (Å²) in [6.07, 6.45) is 0.528. The molecule has 1 aromatic heterocycles. The zero-order valence-electron chi connectivity index (χ0n) is 14.5. The number of piperidine rings is 1. The van der Waals surface area contributed by atoms with Gasteiger partial charge in [-0.05, 0) is 23.3 Å². The number of hydroxylamine groups is 2. The van der Waals surface area contributed by atoms with Gasteiger partial charge in [-0.2, -0.15) is 13.5 Å². The van der Waals surface area contributed by atoms with Gasteiger partial charge >= 0.3 is 16.4 Å². The first-order valence-corrected chi connectivity index (χ1v) is 9.57. The predicted octanol–water partition coefficient (Wildman–Crippen LogP) is -3.18. The zero-order valence-corrected chi connectivity index (χ0v) is 15.3. The van der Waals surface area contributed by atoms with Crippen molar-refractivity contribution in [1.82, 2.24) is 35.5 Å². The summed E-state index contributed by atoms with van der Waals surface area (Å²) in [7, 11) is -4.86. The number of nitrogens with two attached hydrogens (primary N) is 1. The molecule has 16 heteroatoms. The number of tetrazole rings is 1. The number of aromatic nitrogens is 4. The van der Waals surface area contributed by atoms with E-state index in [0.29, 0.717) is 10.9 Å². The van der Waals surface area contributed by atoms with Gasteiger partial charge in [-0.15, -0.1) is 9.38 Å². The quantitative estimate of drug-likeness (QED) is 0.359. The van der Waals surface area contributed by atoms with Gasteiger partial charge in [0.15, 0.2) is 11.6 Å². The number of rotatable bonds is 8. The summed E-state index contributed by atoms with van der Waals surface area (Å²) in [4.78, 5) is 37.8. The fourth-order valence-electron chi connectivity index (χ4n) is 3.12. The van der Waals surface area contributed by atoms with E-state index in [1.165, 1.54) is 4.68 Å². The van der Waals surface area contributed by atoms with Crippen LogP contribution in [-0.4, -0.2) is 86.0 Å². The maximum Gasteiger partial charge on any atom is 0.418 e. The molecule has 0 radical (unpaired) electrons. The molecule has 0 saturated carbocycles. The molecule has 4 N–H and O–H groups in total. The van der Waals surface area contributed by atoms with Crippen molar-refractivity contribution in [3.63, 3.8) is 0 Å². The third-order valence-corrected chi connectivity index (χ3v) is 4.72. The summed E-state index contributed by atoms with van der Waals surface area (Å²) in [5, 5.41) is 13.7. The third kappa shape index (κ3) is 4.24. The maximum atomic E-state index is 12.4. The van der Waals surface area contributed by atoms with Crippen LogP contribution in [0.25, 0.3) is 0 Å². The number of fused-ring (bicyclic) bond motifs is 2. The molecule has 15 nitrogen and oxygen atoms in total. The standard InChI is InChI=1S/C12H18N8O7S/c13-3-10-15-16-17-19(10)6-8(21)4-14-11(22)9-2-1-7-5-18(9)12(23)20(7)27-28(24,25)26/h7,9H,1-6,13H2,(H,14,22)(H,24,25,26)/t7-,9+/m1/s1. The highest BCUT2D eigenvalue weighted by Gasteiger charge is 2.49. The van der Waals surface area contributed by atoms with Crippen LogP contribution < -0.4 is 11.1 Å². The minimum atomic E-state index is -4.86. The average molecular weight is 418 g/mol. The number of hydrogen-bond donors (Lipinski definition) is 3. The van der Waals surface area contributed by atoms with Crippen molar-refractivity contribution >= 4 is 28.1 Å². The fourth-order valence-corrected chi connectivity index (χ4v) is 3.51. The van der Waals surface area contributed by atoms with Crippen molar-refractivity contribution in [3.05, 3.63) is 5.82 Å². The van der Waals surface area contributed by atoms with Crippen molar-refractivity contribution in [2.45, 2.75) is 38.0 Å². The number of amides is 3. The lowest BCUT2D eigenvalue weighted by molar-refractivity contribution is -0.129. The minimum absolute atomic E-state index is 0.0507. The number of Topliss-reactive ketones (excluding diaryl/α,β-unsaturated/α-hetero) is 1. The highest BCUT2D eigenvalue weighted by Crippen LogP contribution is 2.30. The summed E-state index contributed by atoms with van der Waals surface area (Å²) >= 11 is 0. The largest absolute Gasteiger partial charge is 0.418 e. The number of urea groups is 1. The molecule has 3 rings (SSSR count). The molecule has 0 spiro atoms. The van der Waals surface area contributed by atoms with Crippen molar-refractivity contribution in [2.24, 2.45) is 5.73 Å². The normalized spacial score (nSPS) is 21.9. The van der Waals surface area contributed by atoms with E-state index in [0.717, 1.165) is 4.90 Å². The molecule has 2 aliphatic heterocycles. The topological polar surface area (TPSA) is 203 Å². The van der Waals surface area contributed by atoms with E-state index in [9.17, 15) is 22.8 Å². The molecule has 2 atom stereocenters. The van der Waals surface area contributed by atoms with Gasteiger partial charge in [-0.3, -0.25) is 14.1 Å². The molecule has 28 heavy (non-hydrogen) atoms. The van der Waals surface area contributed by atoms with Crippen LogP contribution in [0.5, 0.6) is 0 Å². The Kier molecular flexibility index (Phi) is 5.54. The molecule has 0 aliphatic carbocycles. The van der Waals surface area contributed by atoms with Crippen LogP contribution in [0.2, 0.25) is 0 Å². The lowest BCUT2D eigenvalue weighted by Gasteiger charge is -2.29. The SMILES string of the molecule is NCc1nnnn1CC(=O)CNC(=O)[C@@H]1CC[C@@H]2CN1C(=O)N2OS(=O)(=O)O. The molecule has 2 bridgehead atoms. The number of carbonyl (C=O) groups excluding carboxylic acids is 3. The molecule has 0 aromatic carbocycles. The highest BCUT2D eigenvalue weighted by atomic mass is 32.3. The molecule has 154 valence electrons. The Balaban J connectivity index is 1.55. The summed E-state index contributed by atoms with van der Waals surface area (Å²) in [6.45, 7) is -0.374. The molecular weight excluding hydrogens is 400 g/mol. The van der Waals surface area contributed by atoms with Gasteiger partial charge < -0.3 is 16.0 Å². The van der Waals surface area contributed by atoms with Crippen LogP contribution in [0.1, 0.15) is 18.7 Å². The molecule has 2 saturated heterocycles. The summed E-state index contributed by atoms with van der Waals surface area (Å²) < 4.78 is 36.0. The second-order valence-electron chi connectivity index (χ2n) is 6.22. The summed E-state index contributed by atoms with van der Waals surface area (Å²) in [6, 6.07) is -2.35. The van der Waals surface area contributed by atoms with Crippen LogP contribution in [0.15, 0.2) is 0 Å². The Hall–Kier alpha value is -2.69. The second kappa shape index (κ2) is 7.74. The van der Waals surface area contributed by atoms with Gasteiger partial charge in [0.2, 0.25) is 5.91 Å². The number of nitrogens with one attached hydrogen (secondary N) is 1. The van der Waals surface area contributed by atoms with Crippen LogP contribution in [0, 0.1) is 0 Å². The van der Waals surface area contributed by atoms with E-state index in [-0.39, 0.29) is 44.8 Å². The number of ketones is 1. The first-order valence-electron chi connectivity index (χ1n) is 8.21. The third-order valence-electron chi connectivity index (χ3n) is 4.37. The molecule has 2 aliphatic rings. The Morgan fingerprint density at radius 1 is 1.36 bits per heavy atom. The highest BCUT2D eigenvalue weighted by molar-refractivity contribution is 7.80. The summed E-state index contributed by atoms with van der Waals surface area (Å²) in [5.41, 5.74) is 5.44. The molecule has 3 heterocycles. The smallest absolute Gasteiger partial charge is 0.347 e. The molecule has 2 fully saturated rings. The van der Waals surface area contributed by atoms with Crippen molar-refractivity contribution in [1.29, 1.82) is 0 Å². The number of carbonyl (C=O) groups is 3. The maximum absolute atomic E-state index is 12.4. The number of nitrogens with zero attached hydrogens (tertiary/aromatic N) is 6. The van der Waals surface area contributed by atoms with Gasteiger partial charge in [0.25, 0.3) is 0 Å². The van der Waals surface area contributed by atoms with E-state index < -0.39 is 34.4 Å². The van der Waals surface area contributed by atoms with E-state index in [2.05, 4.69) is 25.1 Å². The lowest BCUT2D eigenvalue weighted by Crippen LogP contribution is -2.50. The van der Waals surface area contributed by atoms with Crippen LogP contribution in [0.3, 0.4) is 0 Å². The second-order valence-corrected chi connectivity index (χ2v) is 7.23. The van der Waals surface area contributed by atoms with Gasteiger partial charge in [0.05, 0.1) is 19.1 Å². The fraction of sp³-hybridized carbons (Fsp3) is 0.667. The van der Waals surface area contributed by atoms with E-state index in [1.54, 1.807) is 0 Å². The van der Waals surface area contributed by atoms with Crippen LogP contribution >= 0.6 is 0 Å². The van der Waals surface area contributed by atoms with E-state index in [1.807, 2.05) is 0 Å². The Bertz CT molecular complexity index is 886. The van der Waals surface area contributed by atoms with Gasteiger partial charge in [-0.1, -0.05) is 0 Å². The first-order chi connectivity index (χ1) is 13.2. The van der Waals surface area contributed by atoms with E-state index in [4.69, 9.17) is 10.3 Å². The van der Waals surface area contributed by atoms with E-state index >= 15 is 0 Å². The predicted molar refractivity (Wildman–Crippen MR) is 87.1 cm³/mol. The monoisotopic (exact) mass is 418 g/mol. The minimum Gasteiger partial charge on any atom is -0.347 e. The van der Waals surface area contributed by atoms with Gasteiger partial charge in [-0.25, -0.2) is 9.48 Å². The first kappa shape index (κ1) is 20.1. The molecular formula is C12H18N8O7S. The molecule has 1 aromatic rings. The number of hydrogen-bond acceptors (Lipinski definition) is 10. The van der Waals surface area contributed by atoms with Crippen molar-refractivity contribution in [2.75, 3.05) is 13.1 Å². The van der Waals surface area contributed by atoms with Crippen molar-refractivity contribution < 1.29 is 31.6 Å². The zero-order chi connectivity index (χ0) is 20.5. The van der Waals surface area contributed by atoms with Crippen LogP contribution in [-0.2, 0) is 37.4 Å². The van der Waals surface area contributed by atoms with Gasteiger partial charge in [0, 0.05) is 6.54 Å². The Labute approximate surface area is 158 Å². The molecule has 3 amide bonds. The molecule has 0 unspecified atom stereocenters. The van der Waals surface area contributed by atoms with Crippen LogP contribution in [0.4, 0.5) is 4.79 Å². The summed E-state index contributed by atoms with van der Waals surface area (Å²) in [5.74, 6) is -0.627. The van der Waals surface area contributed by atoms with Crippen molar-refractivity contribution in [3.8, 4) is 0 Å². The lowest BCUT2D eigenvalue weighted by atomic mass is 10.0. The Morgan fingerprint density at radius 2 is 2.11 bits per heavy atom. The average Bonchev–Trinajstić information content (AvgIpc) is 3.17. The van der Waals surface area contributed by atoms with Gasteiger partial charge in [0.1, 0.15) is 12.6 Å². The Morgan fingerprint density at radius 3 is 2.79 bits per heavy atom.